The van der Waals surface area contributed by atoms with E-state index < -0.39 is 18.3 Å². The summed E-state index contributed by atoms with van der Waals surface area (Å²) in [6.07, 6.45) is 0. The molecule has 2 aromatic carbocycles. The highest BCUT2D eigenvalue weighted by atomic mass is 19.4. The molecule has 0 unspecified atom stereocenters. The summed E-state index contributed by atoms with van der Waals surface area (Å²) in [7, 11) is 0. The molecule has 6 heteroatoms. The van der Waals surface area contributed by atoms with Gasteiger partial charge in [0.2, 0.25) is 0 Å². The highest BCUT2D eigenvalue weighted by molar-refractivity contribution is 6.74. The van der Waals surface area contributed by atoms with E-state index in [1.807, 2.05) is 0 Å². The molecule has 0 atom stereocenters. The molecule has 0 bridgehead atoms. The smallest absolute Gasteiger partial charge is 0.492 e. The van der Waals surface area contributed by atoms with E-state index in [0.717, 1.165) is 6.07 Å². The van der Waals surface area contributed by atoms with Gasteiger partial charge in [-0.25, -0.2) is 4.39 Å². The van der Waals surface area contributed by atoms with E-state index in [1.165, 1.54) is 42.5 Å². The van der Waals surface area contributed by atoms with E-state index in [2.05, 4.69) is 0 Å². The van der Waals surface area contributed by atoms with Crippen LogP contribution in [0, 0.1) is 5.82 Å². The molecule has 0 aliphatic rings. The fourth-order valence-electron chi connectivity index (χ4n) is 1.62. The maximum absolute atomic E-state index is 12.8. The second-order valence-electron chi connectivity index (χ2n) is 4.03. The van der Waals surface area contributed by atoms with Crippen molar-refractivity contribution in [2.75, 3.05) is 0 Å². The topological polar surface area (TPSA) is 9.23 Å². The second-order valence-corrected chi connectivity index (χ2v) is 4.03. The number of hydrogen-bond donors (Lipinski definition) is 0. The number of ether oxygens (including phenoxy) is 1. The van der Waals surface area contributed by atoms with Crippen LogP contribution in [-0.4, -0.2) is 6.98 Å². The molecular weight excluding hydrogens is 259 g/mol. The minimum Gasteiger partial charge on any atom is -0.492 e. The normalized spacial score (nSPS) is 11.4. The minimum absolute atomic E-state index is 0.0382. The molecule has 0 amide bonds. The first-order valence-electron chi connectivity index (χ1n) is 5.63. The lowest BCUT2D eigenvalue weighted by Crippen LogP contribution is -2.35. The van der Waals surface area contributed by atoms with Crippen molar-refractivity contribution in [1.82, 2.24) is 0 Å². The Hall–Kier alpha value is -1.98. The average Bonchev–Trinajstić information content (AvgIpc) is 2.37. The molecule has 19 heavy (non-hydrogen) atoms. The SMILES string of the molecule is Fc1ccc(COc2ccccc2[B-](F)(F)F)cc1. The fourth-order valence-corrected chi connectivity index (χ4v) is 1.62. The van der Waals surface area contributed by atoms with Gasteiger partial charge >= 0.3 is 6.98 Å². The first-order valence-corrected chi connectivity index (χ1v) is 5.63. The summed E-state index contributed by atoms with van der Waals surface area (Å²) in [5, 5.41) is 0. The van der Waals surface area contributed by atoms with Crippen molar-refractivity contribution in [2.45, 2.75) is 6.61 Å². The van der Waals surface area contributed by atoms with Gasteiger partial charge in [-0.3, -0.25) is 0 Å². The van der Waals surface area contributed by atoms with Crippen LogP contribution in [0.5, 0.6) is 5.75 Å². The lowest BCUT2D eigenvalue weighted by Gasteiger charge is -2.19. The molecule has 100 valence electrons. The number of para-hydroxylation sites is 1. The molecule has 0 radical (unpaired) electrons. The van der Waals surface area contributed by atoms with Crippen molar-refractivity contribution in [3.05, 3.63) is 59.9 Å². The third-order valence-corrected chi connectivity index (χ3v) is 2.58. The van der Waals surface area contributed by atoms with Gasteiger partial charge in [-0.2, -0.15) is 0 Å². The number of benzene rings is 2. The zero-order chi connectivity index (χ0) is 13.9. The Morgan fingerprint density at radius 3 is 2.16 bits per heavy atom. The second kappa shape index (κ2) is 5.34. The van der Waals surface area contributed by atoms with E-state index in [1.54, 1.807) is 0 Å². The first kappa shape index (κ1) is 13.5. The first-order chi connectivity index (χ1) is 8.97. The Kier molecular flexibility index (Phi) is 3.78. The Bertz CT molecular complexity index is 551. The minimum atomic E-state index is -5.11. The van der Waals surface area contributed by atoms with E-state index >= 15 is 0 Å². The highest BCUT2D eigenvalue weighted by Crippen LogP contribution is 2.18. The van der Waals surface area contributed by atoms with E-state index in [9.17, 15) is 17.3 Å². The molecule has 0 fully saturated rings. The lowest BCUT2D eigenvalue weighted by atomic mass is 9.79. The number of hydrogen-bond acceptors (Lipinski definition) is 1. The molecule has 0 aliphatic carbocycles. The van der Waals surface area contributed by atoms with Crippen LogP contribution in [0.25, 0.3) is 0 Å². The van der Waals surface area contributed by atoms with Gasteiger partial charge in [-0.1, -0.05) is 35.8 Å². The molecule has 0 saturated heterocycles. The van der Waals surface area contributed by atoms with Gasteiger partial charge in [0.05, 0.1) is 5.75 Å². The predicted octanol–water partition coefficient (Wildman–Crippen LogP) is 3.46. The average molecular weight is 269 g/mol. The van der Waals surface area contributed by atoms with E-state index in [0.29, 0.717) is 5.56 Å². The third-order valence-electron chi connectivity index (χ3n) is 2.58. The Morgan fingerprint density at radius 2 is 1.53 bits per heavy atom. The van der Waals surface area contributed by atoms with Crippen LogP contribution in [0.4, 0.5) is 17.3 Å². The molecule has 0 spiro atoms. The molecule has 0 aromatic heterocycles. The summed E-state index contributed by atoms with van der Waals surface area (Å²) < 4.78 is 56.1. The summed E-state index contributed by atoms with van der Waals surface area (Å²) in [5.74, 6) is -0.609. The molecular formula is C13H10BF4O-. The van der Waals surface area contributed by atoms with Gasteiger partial charge in [-0.05, 0) is 23.8 Å². The van der Waals surface area contributed by atoms with Crippen LogP contribution in [0.1, 0.15) is 5.56 Å². The van der Waals surface area contributed by atoms with Crippen LogP contribution in [-0.2, 0) is 6.61 Å². The third kappa shape index (κ3) is 3.50. The van der Waals surface area contributed by atoms with Crippen LogP contribution in [0.3, 0.4) is 0 Å². The van der Waals surface area contributed by atoms with Crippen molar-refractivity contribution in [3.8, 4) is 5.75 Å². The van der Waals surface area contributed by atoms with Gasteiger partial charge in [0.1, 0.15) is 12.4 Å². The Balaban J connectivity index is 2.14. The summed E-state index contributed by atoms with van der Waals surface area (Å²) >= 11 is 0. The van der Waals surface area contributed by atoms with Crippen molar-refractivity contribution in [2.24, 2.45) is 0 Å². The molecule has 0 saturated carbocycles. The molecule has 2 rings (SSSR count). The highest BCUT2D eigenvalue weighted by Gasteiger charge is 2.28. The summed E-state index contributed by atoms with van der Waals surface area (Å²) in [4.78, 5) is 0. The quantitative estimate of drug-likeness (QED) is 0.610. The Labute approximate surface area is 107 Å². The van der Waals surface area contributed by atoms with E-state index in [4.69, 9.17) is 4.74 Å². The standard InChI is InChI=1S/C13H10BF4O/c15-11-7-5-10(6-8-11)9-19-13-4-2-1-3-12(13)14(16,17)18/h1-8H,9H2/q-1. The maximum Gasteiger partial charge on any atom is 0.513 e. The zero-order valence-corrected chi connectivity index (χ0v) is 9.82. The summed E-state index contributed by atoms with van der Waals surface area (Å²) in [6.45, 7) is -5.15. The summed E-state index contributed by atoms with van der Waals surface area (Å²) in [6, 6.07) is 10.5. The molecule has 1 nitrogen and oxygen atoms in total. The van der Waals surface area contributed by atoms with Crippen molar-refractivity contribution in [3.63, 3.8) is 0 Å². The zero-order valence-electron chi connectivity index (χ0n) is 9.82. The van der Waals surface area contributed by atoms with E-state index in [-0.39, 0.29) is 12.4 Å². The molecule has 0 N–H and O–H groups in total. The monoisotopic (exact) mass is 269 g/mol. The van der Waals surface area contributed by atoms with Crippen LogP contribution >= 0.6 is 0 Å². The van der Waals surface area contributed by atoms with Gasteiger partial charge in [0.25, 0.3) is 0 Å². The van der Waals surface area contributed by atoms with Gasteiger partial charge in [0.15, 0.2) is 0 Å². The molecule has 0 aliphatic heterocycles. The Morgan fingerprint density at radius 1 is 0.895 bits per heavy atom. The van der Waals surface area contributed by atoms with Crippen molar-refractivity contribution in [1.29, 1.82) is 0 Å². The maximum atomic E-state index is 12.8. The predicted molar refractivity (Wildman–Crippen MR) is 65.9 cm³/mol. The molecule has 2 aromatic rings. The van der Waals surface area contributed by atoms with Gasteiger partial charge < -0.3 is 17.7 Å². The number of rotatable bonds is 4. The largest absolute Gasteiger partial charge is 0.513 e. The van der Waals surface area contributed by atoms with Crippen molar-refractivity contribution >= 4 is 12.4 Å². The fraction of sp³-hybridized carbons (Fsp3) is 0.0769. The van der Waals surface area contributed by atoms with Gasteiger partial charge in [0, 0.05) is 0 Å². The van der Waals surface area contributed by atoms with Crippen LogP contribution < -0.4 is 10.2 Å². The number of halogens is 4. The summed E-state index contributed by atoms with van der Waals surface area (Å²) in [5.41, 5.74) is -0.157. The molecule has 0 heterocycles. The van der Waals surface area contributed by atoms with Crippen LogP contribution in [0.2, 0.25) is 0 Å². The van der Waals surface area contributed by atoms with Crippen molar-refractivity contribution < 1.29 is 22.1 Å². The van der Waals surface area contributed by atoms with Gasteiger partial charge in [-0.15, -0.1) is 0 Å². The lowest BCUT2D eigenvalue weighted by molar-refractivity contribution is 0.307. The van der Waals surface area contributed by atoms with Crippen LogP contribution in [0.15, 0.2) is 48.5 Å².